The zero-order chi connectivity index (χ0) is 22.7. The predicted octanol–water partition coefficient (Wildman–Crippen LogP) is 6.53. The minimum absolute atomic E-state index is 0.401. The summed E-state index contributed by atoms with van der Waals surface area (Å²) >= 11 is 0. The average molecular weight is 440 g/mol. The normalized spacial score (nSPS) is 12.3. The van der Waals surface area contributed by atoms with E-state index in [4.69, 9.17) is 0 Å². The van der Waals surface area contributed by atoms with Crippen molar-refractivity contribution in [2.75, 3.05) is 19.6 Å². The number of rotatable bonds is 8. The van der Waals surface area contributed by atoms with Crippen LogP contribution in [0, 0.1) is 0 Å². The quantitative estimate of drug-likeness (QED) is 0.311. The standard InChI is InChI=1S/C26H28F3N3/c1-3-31(4-2)15-8-16-32-24-14-13-21(26(27,28)29)18-23(24)30-25(32)17-20-11-7-10-19-9-5-6-12-22(19)20/h5-7,9-14,18H,3-4,8,15-17H2,1-2H3. The molecule has 0 fully saturated rings. The lowest BCUT2D eigenvalue weighted by molar-refractivity contribution is -0.137. The average Bonchev–Trinajstić information content (AvgIpc) is 3.12. The van der Waals surface area contributed by atoms with Crippen molar-refractivity contribution in [2.24, 2.45) is 0 Å². The summed E-state index contributed by atoms with van der Waals surface area (Å²) < 4.78 is 41.9. The van der Waals surface area contributed by atoms with Gasteiger partial charge in [0, 0.05) is 13.0 Å². The molecule has 0 aliphatic heterocycles. The number of aryl methyl sites for hydroxylation is 1. The molecule has 168 valence electrons. The number of hydrogen-bond acceptors (Lipinski definition) is 2. The number of benzene rings is 3. The topological polar surface area (TPSA) is 21.1 Å². The first-order chi connectivity index (χ1) is 15.4. The van der Waals surface area contributed by atoms with E-state index in [2.05, 4.69) is 52.6 Å². The van der Waals surface area contributed by atoms with Crippen molar-refractivity contribution in [2.45, 2.75) is 39.4 Å². The van der Waals surface area contributed by atoms with Crippen molar-refractivity contribution in [3.05, 3.63) is 77.6 Å². The molecular weight excluding hydrogens is 411 g/mol. The van der Waals surface area contributed by atoms with Crippen LogP contribution in [0.2, 0.25) is 0 Å². The van der Waals surface area contributed by atoms with Crippen molar-refractivity contribution in [1.82, 2.24) is 14.5 Å². The van der Waals surface area contributed by atoms with Gasteiger partial charge in [0.25, 0.3) is 0 Å². The third-order valence-corrected chi connectivity index (χ3v) is 6.13. The molecule has 3 aromatic carbocycles. The molecule has 0 radical (unpaired) electrons. The number of nitrogens with zero attached hydrogens (tertiary/aromatic N) is 3. The highest BCUT2D eigenvalue weighted by Gasteiger charge is 2.31. The van der Waals surface area contributed by atoms with Gasteiger partial charge in [0.05, 0.1) is 16.6 Å². The van der Waals surface area contributed by atoms with Crippen molar-refractivity contribution in [3.8, 4) is 0 Å². The molecule has 0 amide bonds. The zero-order valence-electron chi connectivity index (χ0n) is 18.5. The fourth-order valence-corrected chi connectivity index (χ4v) is 4.35. The highest BCUT2D eigenvalue weighted by atomic mass is 19.4. The molecule has 0 atom stereocenters. The SMILES string of the molecule is CCN(CC)CCCn1c(Cc2cccc3ccccc23)nc2cc(C(F)(F)F)ccc21. The summed E-state index contributed by atoms with van der Waals surface area (Å²) in [5.41, 5.74) is 1.62. The van der Waals surface area contributed by atoms with Gasteiger partial charge in [-0.15, -0.1) is 0 Å². The van der Waals surface area contributed by atoms with Crippen LogP contribution in [0.4, 0.5) is 13.2 Å². The van der Waals surface area contributed by atoms with Crippen LogP contribution in [0.1, 0.15) is 37.2 Å². The van der Waals surface area contributed by atoms with Crippen LogP contribution in [-0.2, 0) is 19.1 Å². The van der Waals surface area contributed by atoms with Crippen molar-refractivity contribution < 1.29 is 13.2 Å². The summed E-state index contributed by atoms with van der Waals surface area (Å²) in [6.07, 6.45) is -2.89. The van der Waals surface area contributed by atoms with Gasteiger partial charge >= 0.3 is 6.18 Å². The molecule has 1 aromatic heterocycles. The molecule has 3 nitrogen and oxygen atoms in total. The van der Waals surface area contributed by atoms with Gasteiger partial charge in [-0.2, -0.15) is 13.2 Å². The smallest absolute Gasteiger partial charge is 0.328 e. The maximum Gasteiger partial charge on any atom is 0.416 e. The molecule has 0 unspecified atom stereocenters. The van der Waals surface area contributed by atoms with E-state index in [-0.39, 0.29) is 0 Å². The maximum atomic E-state index is 13.3. The van der Waals surface area contributed by atoms with Crippen LogP contribution in [0.3, 0.4) is 0 Å². The molecule has 4 aromatic rings. The first-order valence-corrected chi connectivity index (χ1v) is 11.2. The number of fused-ring (bicyclic) bond motifs is 2. The number of halogens is 3. The minimum atomic E-state index is -4.38. The molecule has 0 bridgehead atoms. The maximum absolute atomic E-state index is 13.3. The Morgan fingerprint density at radius 2 is 1.69 bits per heavy atom. The predicted molar refractivity (Wildman–Crippen MR) is 124 cm³/mol. The van der Waals surface area contributed by atoms with Gasteiger partial charge in [-0.05, 0) is 60.6 Å². The molecule has 1 heterocycles. The van der Waals surface area contributed by atoms with Gasteiger partial charge in [0.15, 0.2) is 0 Å². The molecule has 6 heteroatoms. The lowest BCUT2D eigenvalue weighted by Gasteiger charge is -2.18. The van der Waals surface area contributed by atoms with Gasteiger partial charge < -0.3 is 9.47 Å². The van der Waals surface area contributed by atoms with Crippen molar-refractivity contribution in [1.29, 1.82) is 0 Å². The van der Waals surface area contributed by atoms with Crippen LogP contribution < -0.4 is 0 Å². The van der Waals surface area contributed by atoms with E-state index in [1.807, 2.05) is 18.2 Å². The summed E-state index contributed by atoms with van der Waals surface area (Å²) in [5.74, 6) is 0.801. The molecule has 0 aliphatic rings. The van der Waals surface area contributed by atoms with Crippen LogP contribution >= 0.6 is 0 Å². The Labute approximate surface area is 186 Å². The first-order valence-electron chi connectivity index (χ1n) is 11.2. The van der Waals surface area contributed by atoms with Gasteiger partial charge in [-0.25, -0.2) is 4.98 Å². The highest BCUT2D eigenvalue weighted by Crippen LogP contribution is 2.32. The second kappa shape index (κ2) is 9.33. The molecule has 0 saturated carbocycles. The Balaban J connectivity index is 1.73. The number of hydrogen-bond donors (Lipinski definition) is 0. The van der Waals surface area contributed by atoms with Crippen LogP contribution in [0.15, 0.2) is 60.7 Å². The Hall–Kier alpha value is -2.86. The Kier molecular flexibility index (Phi) is 6.51. The van der Waals surface area contributed by atoms with Gasteiger partial charge in [-0.1, -0.05) is 56.3 Å². The lowest BCUT2D eigenvalue weighted by atomic mass is 10.0. The van der Waals surface area contributed by atoms with Crippen molar-refractivity contribution in [3.63, 3.8) is 0 Å². The second-order valence-corrected chi connectivity index (χ2v) is 8.08. The fraction of sp³-hybridized carbons (Fsp3) is 0.346. The molecule has 0 spiro atoms. The zero-order valence-corrected chi connectivity index (χ0v) is 18.5. The summed E-state index contributed by atoms with van der Waals surface area (Å²) in [4.78, 5) is 7.03. The second-order valence-electron chi connectivity index (χ2n) is 8.08. The van der Waals surface area contributed by atoms with Crippen molar-refractivity contribution >= 4 is 21.8 Å². The number of alkyl halides is 3. The first kappa shape index (κ1) is 22.3. The summed E-state index contributed by atoms with van der Waals surface area (Å²) in [5, 5.41) is 2.29. The van der Waals surface area contributed by atoms with Gasteiger partial charge in [0.1, 0.15) is 5.82 Å². The van der Waals surface area contributed by atoms with Crippen LogP contribution in [0.25, 0.3) is 21.8 Å². The summed E-state index contributed by atoms with van der Waals surface area (Å²) in [6.45, 7) is 7.92. The lowest BCUT2D eigenvalue weighted by Crippen LogP contribution is -2.25. The number of imidazole rings is 1. The Morgan fingerprint density at radius 3 is 2.44 bits per heavy atom. The largest absolute Gasteiger partial charge is 0.416 e. The van der Waals surface area contributed by atoms with E-state index in [1.54, 1.807) is 6.07 Å². The molecule has 0 aliphatic carbocycles. The van der Waals surface area contributed by atoms with Crippen LogP contribution in [0.5, 0.6) is 0 Å². The van der Waals surface area contributed by atoms with E-state index in [1.165, 1.54) is 6.07 Å². The van der Waals surface area contributed by atoms with E-state index < -0.39 is 11.7 Å². The van der Waals surface area contributed by atoms with E-state index in [0.29, 0.717) is 11.9 Å². The van der Waals surface area contributed by atoms with Gasteiger partial charge in [0.2, 0.25) is 0 Å². The van der Waals surface area contributed by atoms with Gasteiger partial charge in [-0.3, -0.25) is 0 Å². The Morgan fingerprint density at radius 1 is 0.938 bits per heavy atom. The molecule has 0 saturated heterocycles. The number of aromatic nitrogens is 2. The minimum Gasteiger partial charge on any atom is -0.328 e. The highest BCUT2D eigenvalue weighted by molar-refractivity contribution is 5.86. The third kappa shape index (κ3) is 4.65. The van der Waals surface area contributed by atoms with E-state index in [0.717, 1.165) is 66.3 Å². The molecule has 4 rings (SSSR count). The molecule has 0 N–H and O–H groups in total. The summed E-state index contributed by atoms with van der Waals surface area (Å²) in [6, 6.07) is 18.2. The fourth-order valence-electron chi connectivity index (χ4n) is 4.35. The third-order valence-electron chi connectivity index (χ3n) is 6.13. The van der Waals surface area contributed by atoms with E-state index in [9.17, 15) is 13.2 Å². The monoisotopic (exact) mass is 439 g/mol. The Bertz CT molecular complexity index is 1200. The summed E-state index contributed by atoms with van der Waals surface area (Å²) in [7, 11) is 0. The van der Waals surface area contributed by atoms with E-state index >= 15 is 0 Å². The van der Waals surface area contributed by atoms with Crippen LogP contribution in [-0.4, -0.2) is 34.1 Å². The molecule has 32 heavy (non-hydrogen) atoms. The molecular formula is C26H28F3N3.